The molecule has 1 heterocycles. The Balaban J connectivity index is 2.58. The maximum atomic E-state index is 12.7. The third kappa shape index (κ3) is 3.69. The molecule has 2 rings (SSSR count). The fourth-order valence-electron chi connectivity index (χ4n) is 1.99. The fraction of sp³-hybridized carbons (Fsp3) is 0.375. The minimum Gasteiger partial charge on any atom is -0.285 e. The molecular formula is C16H19ClN2OS. The highest BCUT2D eigenvalue weighted by Gasteiger charge is 2.13. The predicted molar refractivity (Wildman–Crippen MR) is 91.6 cm³/mol. The van der Waals surface area contributed by atoms with Crippen molar-refractivity contribution in [2.75, 3.05) is 5.75 Å². The molecule has 0 spiro atoms. The molecule has 0 amide bonds. The Kier molecular flexibility index (Phi) is 5.12. The number of thioether (sulfide) groups is 1. The first-order valence-corrected chi connectivity index (χ1v) is 8.24. The summed E-state index contributed by atoms with van der Waals surface area (Å²) in [7, 11) is 0. The molecule has 5 heteroatoms. The zero-order valence-corrected chi connectivity index (χ0v) is 14.3. The second-order valence-electron chi connectivity index (χ2n) is 5.42. The lowest BCUT2D eigenvalue weighted by atomic mass is 10.2. The largest absolute Gasteiger partial charge is 0.285 e. The summed E-state index contributed by atoms with van der Waals surface area (Å²) in [5.74, 6) is 0.799. The van der Waals surface area contributed by atoms with Gasteiger partial charge in [0.2, 0.25) is 0 Å². The van der Waals surface area contributed by atoms with Crippen molar-refractivity contribution in [1.29, 1.82) is 0 Å². The third-order valence-electron chi connectivity index (χ3n) is 3.05. The molecule has 0 fully saturated rings. The van der Waals surface area contributed by atoms with E-state index in [0.29, 0.717) is 15.9 Å². The first kappa shape index (κ1) is 16.1. The van der Waals surface area contributed by atoms with Crippen molar-refractivity contribution in [2.45, 2.75) is 38.9 Å². The molecule has 0 aliphatic carbocycles. The van der Waals surface area contributed by atoms with Crippen LogP contribution in [0.5, 0.6) is 0 Å². The van der Waals surface area contributed by atoms with Crippen LogP contribution in [0.1, 0.15) is 33.7 Å². The minimum absolute atomic E-state index is 0.00799. The van der Waals surface area contributed by atoms with Crippen LogP contribution in [0.3, 0.4) is 0 Å². The van der Waals surface area contributed by atoms with Crippen LogP contribution in [0.2, 0.25) is 5.02 Å². The van der Waals surface area contributed by atoms with Crippen LogP contribution in [0, 0.1) is 0 Å². The summed E-state index contributed by atoms with van der Waals surface area (Å²) in [4.78, 5) is 17.3. The molecule has 1 aromatic heterocycles. The molecular weight excluding hydrogens is 304 g/mol. The lowest BCUT2D eigenvalue weighted by Gasteiger charge is -2.15. The van der Waals surface area contributed by atoms with Crippen molar-refractivity contribution >= 4 is 34.3 Å². The van der Waals surface area contributed by atoms with Gasteiger partial charge >= 0.3 is 0 Å². The molecule has 21 heavy (non-hydrogen) atoms. The highest BCUT2D eigenvalue weighted by molar-refractivity contribution is 7.99. The number of hydrogen-bond acceptors (Lipinski definition) is 3. The van der Waals surface area contributed by atoms with Gasteiger partial charge in [0.1, 0.15) is 0 Å². The Labute approximate surface area is 134 Å². The van der Waals surface area contributed by atoms with Gasteiger partial charge in [-0.3, -0.25) is 9.36 Å². The van der Waals surface area contributed by atoms with Crippen LogP contribution >= 0.6 is 23.4 Å². The van der Waals surface area contributed by atoms with E-state index in [1.165, 1.54) is 5.57 Å². The van der Waals surface area contributed by atoms with E-state index in [2.05, 4.69) is 24.9 Å². The molecule has 0 saturated heterocycles. The van der Waals surface area contributed by atoms with E-state index in [0.717, 1.165) is 10.9 Å². The zero-order chi connectivity index (χ0) is 15.6. The maximum absolute atomic E-state index is 12.7. The second kappa shape index (κ2) is 6.67. The van der Waals surface area contributed by atoms with Gasteiger partial charge in [0.15, 0.2) is 5.16 Å². The molecule has 0 bridgehead atoms. The molecule has 0 radical (unpaired) electrons. The molecule has 112 valence electrons. The molecule has 3 nitrogen and oxygen atoms in total. The van der Waals surface area contributed by atoms with Crippen LogP contribution < -0.4 is 5.56 Å². The number of allylic oxidation sites excluding steroid dienone is 1. The molecule has 2 aromatic rings. The number of fused-ring (bicyclic) bond motifs is 1. The first-order valence-electron chi connectivity index (χ1n) is 6.88. The maximum Gasteiger partial charge on any atom is 0.262 e. The number of rotatable bonds is 4. The SMILES string of the molecule is CC(C)=CCSc1nc2cc(Cl)ccc2c(=O)n1C(C)C. The molecule has 0 N–H and O–H groups in total. The van der Waals surface area contributed by atoms with Crippen molar-refractivity contribution in [3.05, 3.63) is 45.2 Å². The first-order chi connectivity index (χ1) is 9.90. The van der Waals surface area contributed by atoms with Gasteiger partial charge in [-0.1, -0.05) is 35.0 Å². The quantitative estimate of drug-likeness (QED) is 0.465. The number of halogens is 1. The lowest BCUT2D eigenvalue weighted by molar-refractivity contribution is 0.519. The summed E-state index contributed by atoms with van der Waals surface area (Å²) in [6.45, 7) is 8.11. The molecule has 0 aliphatic heterocycles. The third-order valence-corrected chi connectivity index (χ3v) is 4.17. The summed E-state index contributed by atoms with van der Waals surface area (Å²) >= 11 is 7.58. The zero-order valence-electron chi connectivity index (χ0n) is 12.7. The number of nitrogens with zero attached hydrogens (tertiary/aromatic N) is 2. The van der Waals surface area contributed by atoms with Crippen LogP contribution in [0.4, 0.5) is 0 Å². The van der Waals surface area contributed by atoms with Gasteiger partial charge in [-0.2, -0.15) is 0 Å². The van der Waals surface area contributed by atoms with E-state index in [1.54, 1.807) is 34.5 Å². The Bertz CT molecular complexity index is 746. The summed E-state index contributed by atoms with van der Waals surface area (Å²) < 4.78 is 1.75. The summed E-state index contributed by atoms with van der Waals surface area (Å²) in [6.07, 6.45) is 2.13. The van der Waals surface area contributed by atoms with Crippen molar-refractivity contribution in [2.24, 2.45) is 0 Å². The fourth-order valence-corrected chi connectivity index (χ4v) is 3.32. The van der Waals surface area contributed by atoms with Crippen LogP contribution in [-0.2, 0) is 0 Å². The average molecular weight is 323 g/mol. The van der Waals surface area contributed by atoms with Crippen LogP contribution in [0.15, 0.2) is 39.8 Å². The van der Waals surface area contributed by atoms with E-state index >= 15 is 0 Å². The van der Waals surface area contributed by atoms with Crippen molar-refractivity contribution in [3.8, 4) is 0 Å². The van der Waals surface area contributed by atoms with Crippen molar-refractivity contribution in [1.82, 2.24) is 9.55 Å². The van der Waals surface area contributed by atoms with Gasteiger partial charge < -0.3 is 0 Å². The van der Waals surface area contributed by atoms with Crippen LogP contribution in [0.25, 0.3) is 10.9 Å². The average Bonchev–Trinajstić information content (AvgIpc) is 2.37. The number of benzene rings is 1. The van der Waals surface area contributed by atoms with E-state index in [-0.39, 0.29) is 11.6 Å². The molecule has 0 saturated carbocycles. The Morgan fingerprint density at radius 3 is 2.76 bits per heavy atom. The Hall–Kier alpha value is -1.26. The van der Waals surface area contributed by atoms with E-state index in [9.17, 15) is 4.79 Å². The molecule has 0 unspecified atom stereocenters. The predicted octanol–water partition coefficient (Wildman–Crippen LogP) is 4.69. The lowest BCUT2D eigenvalue weighted by Crippen LogP contribution is -2.25. The van der Waals surface area contributed by atoms with Gasteiger partial charge in [0, 0.05) is 16.8 Å². The van der Waals surface area contributed by atoms with Gasteiger partial charge in [-0.05, 0) is 45.9 Å². The second-order valence-corrected chi connectivity index (χ2v) is 6.84. The summed E-state index contributed by atoms with van der Waals surface area (Å²) in [6, 6.07) is 5.29. The van der Waals surface area contributed by atoms with Crippen LogP contribution in [-0.4, -0.2) is 15.3 Å². The summed E-state index contributed by atoms with van der Waals surface area (Å²) in [5, 5.41) is 1.94. The van der Waals surface area contributed by atoms with Crippen molar-refractivity contribution < 1.29 is 0 Å². The summed E-state index contributed by atoms with van der Waals surface area (Å²) in [5.41, 5.74) is 1.90. The smallest absolute Gasteiger partial charge is 0.262 e. The Morgan fingerprint density at radius 2 is 2.14 bits per heavy atom. The Morgan fingerprint density at radius 1 is 1.43 bits per heavy atom. The minimum atomic E-state index is -0.00799. The number of hydrogen-bond donors (Lipinski definition) is 0. The number of aromatic nitrogens is 2. The van der Waals surface area contributed by atoms with E-state index in [1.807, 2.05) is 13.8 Å². The van der Waals surface area contributed by atoms with E-state index < -0.39 is 0 Å². The molecule has 0 aliphatic rings. The van der Waals surface area contributed by atoms with Crippen molar-refractivity contribution in [3.63, 3.8) is 0 Å². The van der Waals surface area contributed by atoms with Gasteiger partial charge in [-0.25, -0.2) is 4.98 Å². The standard InChI is InChI=1S/C16H19ClN2OS/c1-10(2)7-8-21-16-18-14-9-12(17)5-6-13(14)15(20)19(16)11(3)4/h5-7,9,11H,8H2,1-4H3. The highest BCUT2D eigenvalue weighted by atomic mass is 35.5. The van der Waals surface area contributed by atoms with Gasteiger partial charge in [0.05, 0.1) is 10.9 Å². The normalized spacial score (nSPS) is 11.1. The van der Waals surface area contributed by atoms with Gasteiger partial charge in [-0.15, -0.1) is 0 Å². The molecule has 1 aromatic carbocycles. The van der Waals surface area contributed by atoms with E-state index in [4.69, 9.17) is 11.6 Å². The molecule has 0 atom stereocenters. The topological polar surface area (TPSA) is 34.9 Å². The highest BCUT2D eigenvalue weighted by Crippen LogP contribution is 2.23. The van der Waals surface area contributed by atoms with Gasteiger partial charge in [0.25, 0.3) is 5.56 Å². The monoisotopic (exact) mass is 322 g/mol.